The monoisotopic (exact) mass is 413 g/mol. The number of aromatic nitrogens is 3. The molecule has 0 aliphatic carbocycles. The Morgan fingerprint density at radius 3 is 3.00 bits per heavy atom. The summed E-state index contributed by atoms with van der Waals surface area (Å²) in [5.41, 5.74) is 2.92. The number of nitrogens with one attached hydrogen (secondary N) is 1. The third-order valence-corrected chi connectivity index (χ3v) is 6.25. The summed E-state index contributed by atoms with van der Waals surface area (Å²) in [5, 5.41) is 5.64. The maximum Gasteiger partial charge on any atom is 0.255 e. The van der Waals surface area contributed by atoms with E-state index in [2.05, 4.69) is 19.9 Å². The van der Waals surface area contributed by atoms with Crippen LogP contribution in [0.2, 0.25) is 5.02 Å². The van der Waals surface area contributed by atoms with E-state index in [1.807, 2.05) is 0 Å². The number of carbonyl (C=O) groups excluding carboxylic acids is 2. The first-order valence-corrected chi connectivity index (χ1v) is 10.2. The lowest BCUT2D eigenvalue weighted by atomic mass is 10.1. The molecule has 142 valence electrons. The van der Waals surface area contributed by atoms with E-state index in [4.69, 9.17) is 11.6 Å². The van der Waals surface area contributed by atoms with Gasteiger partial charge in [-0.3, -0.25) is 14.9 Å². The van der Waals surface area contributed by atoms with Crippen molar-refractivity contribution in [1.82, 2.24) is 19.4 Å². The van der Waals surface area contributed by atoms with Gasteiger partial charge in [0, 0.05) is 46.5 Å². The first-order valence-electron chi connectivity index (χ1n) is 8.96. The number of hydrogen-bond acceptors (Lipinski definition) is 5. The van der Waals surface area contributed by atoms with Crippen LogP contribution in [0.3, 0.4) is 0 Å². The van der Waals surface area contributed by atoms with Crippen molar-refractivity contribution in [3.63, 3.8) is 0 Å². The number of hydrogen-bond donors (Lipinski definition) is 1. The van der Waals surface area contributed by atoms with Gasteiger partial charge in [0.05, 0.1) is 12.0 Å². The summed E-state index contributed by atoms with van der Waals surface area (Å²) in [6, 6.07) is 4.42. The van der Waals surface area contributed by atoms with Gasteiger partial charge in [-0.15, -0.1) is 11.3 Å². The quantitative estimate of drug-likeness (QED) is 0.711. The average molecular weight is 414 g/mol. The van der Waals surface area contributed by atoms with Crippen LogP contribution in [0, 0.1) is 0 Å². The van der Waals surface area contributed by atoms with Crippen molar-refractivity contribution in [1.29, 1.82) is 0 Å². The van der Waals surface area contributed by atoms with Gasteiger partial charge in [-0.2, -0.15) is 0 Å². The zero-order valence-electron chi connectivity index (χ0n) is 14.8. The Morgan fingerprint density at radius 1 is 1.32 bits per heavy atom. The second kappa shape index (κ2) is 6.72. The summed E-state index contributed by atoms with van der Waals surface area (Å²) in [6.45, 7) is 1.15. The highest BCUT2D eigenvalue weighted by atomic mass is 35.5. The summed E-state index contributed by atoms with van der Waals surface area (Å²) in [4.78, 5) is 36.6. The van der Waals surface area contributed by atoms with Gasteiger partial charge < -0.3 is 9.47 Å². The van der Waals surface area contributed by atoms with E-state index in [0.717, 1.165) is 30.6 Å². The van der Waals surface area contributed by atoms with Gasteiger partial charge in [0.25, 0.3) is 11.8 Å². The number of thiazole rings is 1. The highest BCUT2D eigenvalue weighted by molar-refractivity contribution is 7.13. The van der Waals surface area contributed by atoms with Crippen molar-refractivity contribution in [2.75, 3.05) is 5.32 Å². The average Bonchev–Trinajstić information content (AvgIpc) is 3.44. The molecule has 4 heterocycles. The molecular weight excluding hydrogens is 398 g/mol. The van der Waals surface area contributed by atoms with E-state index in [1.165, 1.54) is 11.3 Å². The molecule has 0 saturated heterocycles. The van der Waals surface area contributed by atoms with E-state index in [-0.39, 0.29) is 18.4 Å². The second-order valence-electron chi connectivity index (χ2n) is 6.80. The normalized spacial score (nSPS) is 16.2. The number of benzene rings is 1. The van der Waals surface area contributed by atoms with Gasteiger partial charge >= 0.3 is 0 Å². The Bertz CT molecular complexity index is 1080. The lowest BCUT2D eigenvalue weighted by Crippen LogP contribution is -2.38. The predicted molar refractivity (Wildman–Crippen MR) is 105 cm³/mol. The van der Waals surface area contributed by atoms with Crippen molar-refractivity contribution in [3.8, 4) is 0 Å². The molecule has 0 fully saturated rings. The maximum absolute atomic E-state index is 13.3. The standard InChI is InChI=1S/C19H16ClN5O2S/c20-13-4-1-3-11-12(13)9-25(18(11)27)16(17(26)23-19-21-6-8-28-19)15-14-5-2-7-24(14)10-22-15/h1,3-4,6,8,10,16H,2,5,7,9H2,(H,21,23,26). The van der Waals surface area contributed by atoms with Gasteiger partial charge in [0.15, 0.2) is 11.2 Å². The third kappa shape index (κ3) is 2.71. The summed E-state index contributed by atoms with van der Waals surface area (Å²) < 4.78 is 2.06. The third-order valence-electron chi connectivity index (χ3n) is 5.21. The van der Waals surface area contributed by atoms with Crippen molar-refractivity contribution < 1.29 is 9.59 Å². The van der Waals surface area contributed by atoms with E-state index in [9.17, 15) is 9.59 Å². The summed E-state index contributed by atoms with van der Waals surface area (Å²) >= 11 is 7.64. The fourth-order valence-electron chi connectivity index (χ4n) is 3.93. The molecule has 0 bridgehead atoms. The molecule has 2 aliphatic heterocycles. The molecule has 1 aromatic carbocycles. The minimum atomic E-state index is -0.839. The van der Waals surface area contributed by atoms with E-state index in [1.54, 1.807) is 41.0 Å². The fraction of sp³-hybridized carbons (Fsp3) is 0.263. The molecule has 9 heteroatoms. The number of anilines is 1. The highest BCUT2D eigenvalue weighted by Gasteiger charge is 2.41. The van der Waals surface area contributed by atoms with Gasteiger partial charge in [0.2, 0.25) is 0 Å². The van der Waals surface area contributed by atoms with Gasteiger partial charge in [0.1, 0.15) is 0 Å². The maximum atomic E-state index is 13.3. The summed E-state index contributed by atoms with van der Waals surface area (Å²) in [7, 11) is 0. The first-order chi connectivity index (χ1) is 13.6. The van der Waals surface area contributed by atoms with Crippen LogP contribution < -0.4 is 5.32 Å². The van der Waals surface area contributed by atoms with Crippen LogP contribution >= 0.6 is 22.9 Å². The van der Waals surface area contributed by atoms with Crippen LogP contribution in [0.4, 0.5) is 5.13 Å². The lowest BCUT2D eigenvalue weighted by Gasteiger charge is -2.26. The Kier molecular flexibility index (Phi) is 4.17. The van der Waals surface area contributed by atoms with Gasteiger partial charge in [-0.1, -0.05) is 17.7 Å². The molecule has 5 rings (SSSR count). The Labute approximate surface area is 170 Å². The summed E-state index contributed by atoms with van der Waals surface area (Å²) in [6.07, 6.45) is 5.22. The molecule has 7 nitrogen and oxygen atoms in total. The topological polar surface area (TPSA) is 80.1 Å². The first kappa shape index (κ1) is 17.4. The summed E-state index contributed by atoms with van der Waals surface area (Å²) in [5.74, 6) is -0.530. The fourth-order valence-corrected chi connectivity index (χ4v) is 4.70. The SMILES string of the molecule is O=C(Nc1nccs1)C(c1ncn2c1CCC2)N1Cc2c(Cl)cccc2C1=O. The van der Waals surface area contributed by atoms with Gasteiger partial charge in [-0.05, 0) is 25.0 Å². The van der Waals surface area contributed by atoms with Crippen LogP contribution in [0.15, 0.2) is 36.1 Å². The molecule has 3 aromatic rings. The molecular formula is C19H16ClN5O2S. The molecule has 1 unspecified atom stereocenters. The van der Waals surface area contributed by atoms with Crippen molar-refractivity contribution in [3.05, 3.63) is 63.6 Å². The second-order valence-corrected chi connectivity index (χ2v) is 8.10. The molecule has 2 aromatic heterocycles. The number of imidazole rings is 1. The Balaban J connectivity index is 1.56. The number of halogens is 1. The van der Waals surface area contributed by atoms with Crippen LogP contribution in [-0.4, -0.2) is 31.2 Å². The van der Waals surface area contributed by atoms with Crippen LogP contribution in [0.1, 0.15) is 39.8 Å². The van der Waals surface area contributed by atoms with Crippen molar-refractivity contribution >= 4 is 39.9 Å². The van der Waals surface area contributed by atoms with E-state index >= 15 is 0 Å². The molecule has 0 spiro atoms. The van der Waals surface area contributed by atoms with E-state index < -0.39 is 6.04 Å². The molecule has 1 N–H and O–H groups in total. The predicted octanol–water partition coefficient (Wildman–Crippen LogP) is 3.28. The number of aryl methyl sites for hydroxylation is 1. The molecule has 1 atom stereocenters. The largest absolute Gasteiger partial charge is 0.334 e. The number of fused-ring (bicyclic) bond motifs is 2. The van der Waals surface area contributed by atoms with Crippen molar-refractivity contribution in [2.45, 2.75) is 32.0 Å². The number of amides is 2. The number of nitrogens with zero attached hydrogens (tertiary/aromatic N) is 4. The van der Waals surface area contributed by atoms with Crippen molar-refractivity contribution in [2.24, 2.45) is 0 Å². The molecule has 2 aliphatic rings. The zero-order valence-corrected chi connectivity index (χ0v) is 16.3. The number of rotatable bonds is 4. The minimum absolute atomic E-state index is 0.212. The molecule has 2 amide bonds. The Morgan fingerprint density at radius 2 is 2.21 bits per heavy atom. The minimum Gasteiger partial charge on any atom is -0.334 e. The zero-order chi connectivity index (χ0) is 19.3. The Hall–Kier alpha value is -2.71. The van der Waals surface area contributed by atoms with E-state index in [0.29, 0.717) is 21.4 Å². The highest BCUT2D eigenvalue weighted by Crippen LogP contribution is 2.37. The number of carbonyl (C=O) groups is 2. The smallest absolute Gasteiger partial charge is 0.255 e. The molecule has 0 radical (unpaired) electrons. The van der Waals surface area contributed by atoms with Crippen LogP contribution in [0.25, 0.3) is 0 Å². The van der Waals surface area contributed by atoms with Gasteiger partial charge in [-0.25, -0.2) is 9.97 Å². The lowest BCUT2D eigenvalue weighted by molar-refractivity contribution is -0.121. The van der Waals surface area contributed by atoms with Crippen LogP contribution in [0.5, 0.6) is 0 Å². The molecule has 0 saturated carbocycles. The van der Waals surface area contributed by atoms with Crippen LogP contribution in [-0.2, 0) is 24.3 Å². The molecule has 28 heavy (non-hydrogen) atoms.